The van der Waals surface area contributed by atoms with E-state index in [9.17, 15) is 0 Å². The van der Waals surface area contributed by atoms with E-state index in [1.807, 2.05) is 42.5 Å². The number of rotatable bonds is 8. The molecular formula is C23H26N4O3. The van der Waals surface area contributed by atoms with Crippen LogP contribution in [0.25, 0.3) is 33.5 Å². The monoisotopic (exact) mass is 406 g/mol. The zero-order valence-corrected chi connectivity index (χ0v) is 17.7. The molecular weight excluding hydrogens is 380 g/mol. The van der Waals surface area contributed by atoms with Crippen molar-refractivity contribution in [1.29, 1.82) is 0 Å². The van der Waals surface area contributed by atoms with Crippen LogP contribution >= 0.6 is 0 Å². The van der Waals surface area contributed by atoms with E-state index in [1.54, 1.807) is 14.2 Å². The summed E-state index contributed by atoms with van der Waals surface area (Å²) in [5.41, 5.74) is 1.48. The van der Waals surface area contributed by atoms with Gasteiger partial charge in [0.25, 0.3) is 0 Å². The van der Waals surface area contributed by atoms with Crippen LogP contribution in [0.5, 0.6) is 11.5 Å². The summed E-state index contributed by atoms with van der Waals surface area (Å²) < 4.78 is 17.1. The maximum Gasteiger partial charge on any atom is 0.198 e. The van der Waals surface area contributed by atoms with E-state index in [0.29, 0.717) is 28.6 Å². The van der Waals surface area contributed by atoms with Crippen LogP contribution in [0.3, 0.4) is 0 Å². The van der Waals surface area contributed by atoms with Gasteiger partial charge in [-0.25, -0.2) is 9.97 Å². The molecule has 7 heteroatoms. The zero-order valence-electron chi connectivity index (χ0n) is 17.7. The second-order valence-corrected chi connectivity index (χ2v) is 7.33. The van der Waals surface area contributed by atoms with Gasteiger partial charge < -0.3 is 24.1 Å². The van der Waals surface area contributed by atoms with Crippen molar-refractivity contribution < 1.29 is 13.9 Å². The van der Waals surface area contributed by atoms with Crippen molar-refractivity contribution in [1.82, 2.24) is 14.9 Å². The maximum atomic E-state index is 6.01. The van der Waals surface area contributed by atoms with Gasteiger partial charge in [0.05, 0.1) is 14.2 Å². The van der Waals surface area contributed by atoms with Gasteiger partial charge in [-0.3, -0.25) is 0 Å². The molecule has 0 atom stereocenters. The van der Waals surface area contributed by atoms with Crippen molar-refractivity contribution in [3.63, 3.8) is 0 Å². The molecule has 2 heterocycles. The van der Waals surface area contributed by atoms with E-state index in [0.717, 1.165) is 41.7 Å². The second kappa shape index (κ2) is 8.59. The van der Waals surface area contributed by atoms with Crippen molar-refractivity contribution in [3.8, 4) is 23.1 Å². The standard InChI is InChI=1S/C23H26N4O3/c1-27(2)13-7-12-24-22-16-10-11-18(28-3)21(29-4)20(16)25-23(26-22)19-14-15-8-5-6-9-17(15)30-19/h5-6,8-11,14H,7,12-13H2,1-4H3,(H,24,25,26). The lowest BCUT2D eigenvalue weighted by molar-refractivity contribution is 0.358. The third-order valence-electron chi connectivity index (χ3n) is 4.93. The number of benzene rings is 2. The topological polar surface area (TPSA) is 72.7 Å². The Morgan fingerprint density at radius 2 is 1.87 bits per heavy atom. The Balaban J connectivity index is 1.82. The number of ether oxygens (including phenoxy) is 2. The quantitative estimate of drug-likeness (QED) is 0.434. The smallest absolute Gasteiger partial charge is 0.198 e. The summed E-state index contributed by atoms with van der Waals surface area (Å²) in [6.45, 7) is 1.78. The predicted octanol–water partition coefficient (Wildman–Crippen LogP) is 4.42. The minimum absolute atomic E-state index is 0.500. The highest BCUT2D eigenvalue weighted by Gasteiger charge is 2.18. The highest BCUT2D eigenvalue weighted by molar-refractivity contribution is 5.96. The number of anilines is 1. The molecule has 0 saturated carbocycles. The van der Waals surface area contributed by atoms with Crippen molar-refractivity contribution in [3.05, 3.63) is 42.5 Å². The van der Waals surface area contributed by atoms with Crippen LogP contribution in [0, 0.1) is 0 Å². The number of nitrogens with one attached hydrogen (secondary N) is 1. The van der Waals surface area contributed by atoms with E-state index in [1.165, 1.54) is 0 Å². The number of furan rings is 1. The molecule has 156 valence electrons. The van der Waals surface area contributed by atoms with Gasteiger partial charge in [0, 0.05) is 17.3 Å². The van der Waals surface area contributed by atoms with Gasteiger partial charge in [0.2, 0.25) is 0 Å². The Labute approximate surface area is 175 Å². The Hall–Kier alpha value is -3.32. The number of hydrogen-bond donors (Lipinski definition) is 1. The first-order chi connectivity index (χ1) is 14.6. The Morgan fingerprint density at radius 1 is 1.03 bits per heavy atom. The summed E-state index contributed by atoms with van der Waals surface area (Å²) in [6, 6.07) is 13.6. The van der Waals surface area contributed by atoms with E-state index in [-0.39, 0.29) is 0 Å². The number of methoxy groups -OCH3 is 2. The minimum Gasteiger partial charge on any atom is -0.493 e. The lowest BCUT2D eigenvalue weighted by Crippen LogP contribution is -2.17. The molecule has 0 fully saturated rings. The highest BCUT2D eigenvalue weighted by Crippen LogP contribution is 2.38. The van der Waals surface area contributed by atoms with Crippen LogP contribution in [-0.2, 0) is 0 Å². The van der Waals surface area contributed by atoms with Crippen LogP contribution in [0.15, 0.2) is 46.9 Å². The Bertz CT molecular complexity index is 1140. The van der Waals surface area contributed by atoms with Gasteiger partial charge in [-0.05, 0) is 51.3 Å². The lowest BCUT2D eigenvalue weighted by atomic mass is 10.2. The van der Waals surface area contributed by atoms with Crippen molar-refractivity contribution >= 4 is 27.7 Å². The SMILES string of the molecule is COc1ccc2c(NCCCN(C)C)nc(-c3cc4ccccc4o3)nc2c1OC. The molecule has 0 aliphatic rings. The molecule has 0 unspecified atom stereocenters. The molecule has 0 amide bonds. The van der Waals surface area contributed by atoms with Gasteiger partial charge in [0.1, 0.15) is 16.9 Å². The number of fused-ring (bicyclic) bond motifs is 2. The van der Waals surface area contributed by atoms with Crippen LogP contribution in [-0.4, -0.2) is 56.3 Å². The van der Waals surface area contributed by atoms with Crippen molar-refractivity contribution in [2.75, 3.05) is 46.7 Å². The molecule has 0 spiro atoms. The fourth-order valence-corrected chi connectivity index (χ4v) is 3.45. The molecule has 2 aromatic heterocycles. The first kappa shape index (κ1) is 20.0. The van der Waals surface area contributed by atoms with Crippen LogP contribution in [0.1, 0.15) is 6.42 Å². The van der Waals surface area contributed by atoms with Crippen molar-refractivity contribution in [2.24, 2.45) is 0 Å². The first-order valence-electron chi connectivity index (χ1n) is 9.91. The third-order valence-corrected chi connectivity index (χ3v) is 4.93. The van der Waals surface area contributed by atoms with E-state index in [2.05, 4.69) is 24.3 Å². The molecule has 4 aromatic rings. The summed E-state index contributed by atoms with van der Waals surface area (Å²) >= 11 is 0. The second-order valence-electron chi connectivity index (χ2n) is 7.33. The molecule has 0 aliphatic carbocycles. The molecule has 30 heavy (non-hydrogen) atoms. The van der Waals surface area contributed by atoms with Crippen LogP contribution in [0.2, 0.25) is 0 Å². The molecule has 0 saturated heterocycles. The van der Waals surface area contributed by atoms with Crippen LogP contribution < -0.4 is 14.8 Å². The zero-order chi connectivity index (χ0) is 21.1. The molecule has 7 nitrogen and oxygen atoms in total. The van der Waals surface area contributed by atoms with E-state index < -0.39 is 0 Å². The number of para-hydroxylation sites is 1. The predicted molar refractivity (Wildman–Crippen MR) is 120 cm³/mol. The van der Waals surface area contributed by atoms with Gasteiger partial charge in [0.15, 0.2) is 23.1 Å². The molecule has 0 aliphatic heterocycles. The van der Waals surface area contributed by atoms with Gasteiger partial charge in [-0.15, -0.1) is 0 Å². The summed E-state index contributed by atoms with van der Waals surface area (Å²) in [4.78, 5) is 11.7. The minimum atomic E-state index is 0.500. The van der Waals surface area contributed by atoms with Gasteiger partial charge in [-0.1, -0.05) is 18.2 Å². The lowest BCUT2D eigenvalue weighted by Gasteiger charge is -2.15. The fraction of sp³-hybridized carbons (Fsp3) is 0.304. The largest absolute Gasteiger partial charge is 0.493 e. The average molecular weight is 406 g/mol. The molecule has 2 aromatic carbocycles. The summed E-state index contributed by atoms with van der Waals surface area (Å²) in [6.07, 6.45) is 0.992. The third kappa shape index (κ3) is 3.89. The normalized spacial score (nSPS) is 11.4. The van der Waals surface area contributed by atoms with Gasteiger partial charge >= 0.3 is 0 Å². The molecule has 0 bridgehead atoms. The molecule has 4 rings (SSSR count). The van der Waals surface area contributed by atoms with E-state index in [4.69, 9.17) is 23.9 Å². The average Bonchev–Trinajstić information content (AvgIpc) is 3.19. The summed E-state index contributed by atoms with van der Waals surface area (Å²) in [5, 5.41) is 5.34. The number of hydrogen-bond acceptors (Lipinski definition) is 7. The molecule has 1 N–H and O–H groups in total. The van der Waals surface area contributed by atoms with Crippen LogP contribution in [0.4, 0.5) is 5.82 Å². The Kier molecular flexibility index (Phi) is 5.72. The summed E-state index contributed by atoms with van der Waals surface area (Å²) in [5.74, 6) is 3.05. The van der Waals surface area contributed by atoms with E-state index >= 15 is 0 Å². The Morgan fingerprint density at radius 3 is 2.60 bits per heavy atom. The number of aromatic nitrogens is 2. The maximum absolute atomic E-state index is 6.01. The number of nitrogens with zero attached hydrogens (tertiary/aromatic N) is 3. The fourth-order valence-electron chi connectivity index (χ4n) is 3.45. The summed E-state index contributed by atoms with van der Waals surface area (Å²) in [7, 11) is 7.36. The molecule has 0 radical (unpaired) electrons. The van der Waals surface area contributed by atoms with Crippen molar-refractivity contribution in [2.45, 2.75) is 6.42 Å². The van der Waals surface area contributed by atoms with Gasteiger partial charge in [-0.2, -0.15) is 0 Å². The first-order valence-corrected chi connectivity index (χ1v) is 9.91. The highest BCUT2D eigenvalue weighted by atomic mass is 16.5.